The molecule has 1 heterocycles. The molecule has 1 aliphatic heterocycles. The van der Waals surface area contributed by atoms with Crippen molar-refractivity contribution in [3.8, 4) is 0 Å². The highest BCUT2D eigenvalue weighted by Gasteiger charge is 2.38. The summed E-state index contributed by atoms with van der Waals surface area (Å²) in [7, 11) is 0. The number of ether oxygens (including phenoxy) is 1. The molecule has 1 aromatic rings. The molecule has 19 heavy (non-hydrogen) atoms. The molecule has 1 amide bonds. The first-order chi connectivity index (χ1) is 8.92. The number of amides is 1. The third-order valence-corrected chi connectivity index (χ3v) is 3.04. The van der Waals surface area contributed by atoms with Crippen LogP contribution in [0.1, 0.15) is 20.8 Å². The second-order valence-electron chi connectivity index (χ2n) is 5.06. The van der Waals surface area contributed by atoms with Crippen molar-refractivity contribution in [2.75, 3.05) is 23.4 Å². The van der Waals surface area contributed by atoms with Crippen molar-refractivity contribution in [2.24, 2.45) is 0 Å². The summed E-state index contributed by atoms with van der Waals surface area (Å²) in [6, 6.07) is 7.61. The predicted molar refractivity (Wildman–Crippen MR) is 73.1 cm³/mol. The highest BCUT2D eigenvalue weighted by atomic mass is 16.5. The van der Waals surface area contributed by atoms with Crippen LogP contribution in [-0.4, -0.2) is 30.6 Å². The van der Waals surface area contributed by atoms with E-state index < -0.39 is 5.54 Å². The number of benzene rings is 1. The lowest BCUT2D eigenvalue weighted by Crippen LogP contribution is -2.54. The third kappa shape index (κ3) is 2.70. The number of carbonyl (C=O) groups excluding carboxylic acids is 2. The second kappa shape index (κ2) is 4.91. The van der Waals surface area contributed by atoms with E-state index in [9.17, 15) is 9.59 Å². The Kier molecular flexibility index (Phi) is 3.46. The van der Waals surface area contributed by atoms with Crippen molar-refractivity contribution >= 4 is 23.3 Å². The van der Waals surface area contributed by atoms with Crippen LogP contribution >= 0.6 is 0 Å². The van der Waals surface area contributed by atoms with E-state index >= 15 is 0 Å². The van der Waals surface area contributed by atoms with Gasteiger partial charge in [0, 0.05) is 6.92 Å². The highest BCUT2D eigenvalue weighted by molar-refractivity contribution is 6.07. The largest absolute Gasteiger partial charge is 0.464 e. The molecule has 1 N–H and O–H groups in total. The van der Waals surface area contributed by atoms with Gasteiger partial charge >= 0.3 is 5.97 Å². The van der Waals surface area contributed by atoms with Crippen molar-refractivity contribution in [3.05, 3.63) is 24.3 Å². The van der Waals surface area contributed by atoms with Gasteiger partial charge in [0.2, 0.25) is 0 Å². The number of anilines is 2. The van der Waals surface area contributed by atoms with E-state index in [1.54, 1.807) is 4.90 Å². The summed E-state index contributed by atoms with van der Waals surface area (Å²) < 4.78 is 4.92. The minimum atomic E-state index is -0.662. The Morgan fingerprint density at radius 1 is 1.37 bits per heavy atom. The summed E-state index contributed by atoms with van der Waals surface area (Å²) in [6.07, 6.45) is 0. The first kappa shape index (κ1) is 13.4. The molecule has 0 fully saturated rings. The number of nitrogens with zero attached hydrogens (tertiary/aromatic N) is 1. The van der Waals surface area contributed by atoms with E-state index in [1.165, 1.54) is 6.92 Å². The number of rotatable bonds is 3. The summed E-state index contributed by atoms with van der Waals surface area (Å²) in [5.74, 6) is -0.367. The monoisotopic (exact) mass is 262 g/mol. The highest BCUT2D eigenvalue weighted by Crippen LogP contribution is 2.34. The fourth-order valence-corrected chi connectivity index (χ4v) is 2.15. The molecule has 2 rings (SSSR count). The minimum Gasteiger partial charge on any atom is -0.464 e. The molecule has 1 aromatic carbocycles. The zero-order valence-electron chi connectivity index (χ0n) is 11.4. The van der Waals surface area contributed by atoms with Crippen LogP contribution in [0.4, 0.5) is 11.4 Å². The molecule has 0 bridgehead atoms. The van der Waals surface area contributed by atoms with Gasteiger partial charge in [-0.25, -0.2) is 0 Å². The van der Waals surface area contributed by atoms with E-state index in [2.05, 4.69) is 5.32 Å². The second-order valence-corrected chi connectivity index (χ2v) is 5.06. The lowest BCUT2D eigenvalue weighted by atomic mass is 9.98. The van der Waals surface area contributed by atoms with Crippen molar-refractivity contribution < 1.29 is 14.3 Å². The molecule has 0 atom stereocenters. The Labute approximate surface area is 112 Å². The lowest BCUT2D eigenvalue weighted by molar-refractivity contribution is -0.141. The first-order valence-electron chi connectivity index (χ1n) is 6.24. The zero-order valence-corrected chi connectivity index (χ0v) is 11.4. The topological polar surface area (TPSA) is 58.6 Å². The van der Waals surface area contributed by atoms with Gasteiger partial charge in [0.1, 0.15) is 12.1 Å². The maximum Gasteiger partial charge on any atom is 0.302 e. The Balaban J connectivity index is 2.24. The molecule has 5 nitrogen and oxygen atoms in total. The fourth-order valence-electron chi connectivity index (χ4n) is 2.15. The van der Waals surface area contributed by atoms with Crippen LogP contribution in [0, 0.1) is 0 Å². The minimum absolute atomic E-state index is 0.0293. The summed E-state index contributed by atoms with van der Waals surface area (Å²) >= 11 is 0. The van der Waals surface area contributed by atoms with Crippen LogP contribution in [0.2, 0.25) is 0 Å². The average molecular weight is 262 g/mol. The SMILES string of the molecule is CC(=O)OCCN1C(=O)C(C)(C)Nc2ccccc21. The Hall–Kier alpha value is -2.04. The van der Waals surface area contributed by atoms with Gasteiger partial charge in [-0.1, -0.05) is 12.1 Å². The maximum atomic E-state index is 12.4. The normalized spacial score (nSPS) is 16.6. The number of esters is 1. The Morgan fingerprint density at radius 2 is 2.05 bits per heavy atom. The molecule has 0 unspecified atom stereocenters. The first-order valence-corrected chi connectivity index (χ1v) is 6.24. The van der Waals surface area contributed by atoms with E-state index in [0.717, 1.165) is 11.4 Å². The van der Waals surface area contributed by atoms with E-state index in [1.807, 2.05) is 38.1 Å². The molecule has 0 aliphatic carbocycles. The molecule has 0 saturated heterocycles. The molecule has 102 valence electrons. The van der Waals surface area contributed by atoms with E-state index in [-0.39, 0.29) is 18.5 Å². The zero-order chi connectivity index (χ0) is 14.0. The predicted octanol–water partition coefficient (Wildman–Crippen LogP) is 1.79. The summed E-state index contributed by atoms with van der Waals surface area (Å²) in [5, 5.41) is 3.22. The molecule has 0 saturated carbocycles. The Morgan fingerprint density at radius 3 is 2.74 bits per heavy atom. The van der Waals surface area contributed by atoms with Gasteiger partial charge < -0.3 is 15.0 Å². The molecule has 1 aliphatic rings. The van der Waals surface area contributed by atoms with Gasteiger partial charge in [-0.2, -0.15) is 0 Å². The van der Waals surface area contributed by atoms with Gasteiger partial charge in [0.25, 0.3) is 5.91 Å². The van der Waals surface area contributed by atoms with Crippen LogP contribution in [-0.2, 0) is 14.3 Å². The number of hydrogen-bond donors (Lipinski definition) is 1. The van der Waals surface area contributed by atoms with Gasteiger partial charge in [0.05, 0.1) is 17.9 Å². The summed E-state index contributed by atoms with van der Waals surface area (Å²) in [6.45, 7) is 5.59. The number of carbonyl (C=O) groups is 2. The van der Waals surface area contributed by atoms with Crippen LogP contribution in [0.3, 0.4) is 0 Å². The molecule has 0 radical (unpaired) electrons. The van der Waals surface area contributed by atoms with Crippen LogP contribution < -0.4 is 10.2 Å². The molecular formula is C14H18N2O3. The van der Waals surface area contributed by atoms with Crippen LogP contribution in [0.25, 0.3) is 0 Å². The number of nitrogens with one attached hydrogen (secondary N) is 1. The van der Waals surface area contributed by atoms with Crippen molar-refractivity contribution in [3.63, 3.8) is 0 Å². The van der Waals surface area contributed by atoms with Gasteiger partial charge in [-0.05, 0) is 26.0 Å². The van der Waals surface area contributed by atoms with Gasteiger partial charge in [-0.15, -0.1) is 0 Å². The van der Waals surface area contributed by atoms with Crippen molar-refractivity contribution in [2.45, 2.75) is 26.3 Å². The van der Waals surface area contributed by atoms with Gasteiger partial charge in [-0.3, -0.25) is 9.59 Å². The summed E-state index contributed by atoms with van der Waals surface area (Å²) in [4.78, 5) is 24.9. The van der Waals surface area contributed by atoms with Crippen molar-refractivity contribution in [1.82, 2.24) is 0 Å². The lowest BCUT2D eigenvalue weighted by Gasteiger charge is -2.39. The quantitative estimate of drug-likeness (QED) is 0.844. The maximum absolute atomic E-state index is 12.4. The smallest absolute Gasteiger partial charge is 0.302 e. The van der Waals surface area contributed by atoms with E-state index in [4.69, 9.17) is 4.74 Å². The molecule has 5 heteroatoms. The van der Waals surface area contributed by atoms with Gasteiger partial charge in [0.15, 0.2) is 0 Å². The third-order valence-electron chi connectivity index (χ3n) is 3.04. The molecular weight excluding hydrogens is 244 g/mol. The van der Waals surface area contributed by atoms with Crippen molar-refractivity contribution in [1.29, 1.82) is 0 Å². The van der Waals surface area contributed by atoms with Crippen LogP contribution in [0.5, 0.6) is 0 Å². The van der Waals surface area contributed by atoms with Crippen LogP contribution in [0.15, 0.2) is 24.3 Å². The number of hydrogen-bond acceptors (Lipinski definition) is 4. The average Bonchev–Trinajstić information content (AvgIpc) is 2.33. The Bertz CT molecular complexity index is 511. The summed E-state index contributed by atoms with van der Waals surface area (Å²) in [5.41, 5.74) is 1.07. The molecule has 0 spiro atoms. The number of para-hydroxylation sites is 2. The standard InChI is InChI=1S/C14H18N2O3/c1-10(17)19-9-8-16-12-7-5-4-6-11(12)15-14(2,3)13(16)18/h4-7,15H,8-9H2,1-3H3. The number of fused-ring (bicyclic) bond motifs is 1. The fraction of sp³-hybridized carbons (Fsp3) is 0.429. The molecule has 0 aromatic heterocycles. The van der Waals surface area contributed by atoms with E-state index in [0.29, 0.717) is 6.54 Å².